The number of Topliss-reactive ketones (excluding diaryl/α,β-unsaturated/α-hetero) is 1. The molecule has 0 saturated carbocycles. The molecule has 0 spiro atoms. The summed E-state index contributed by atoms with van der Waals surface area (Å²) >= 11 is 0. The third-order valence-electron chi connectivity index (χ3n) is 4.59. The van der Waals surface area contributed by atoms with Gasteiger partial charge in [-0.15, -0.1) is 0 Å². The predicted octanol–water partition coefficient (Wildman–Crippen LogP) is 4.00. The summed E-state index contributed by atoms with van der Waals surface area (Å²) in [5.41, 5.74) is 13.1. The van der Waals surface area contributed by atoms with Crippen molar-refractivity contribution in [2.45, 2.75) is 20.3 Å². The first-order valence-electron chi connectivity index (χ1n) is 10.7. The Bertz CT molecular complexity index is 1230. The van der Waals surface area contributed by atoms with Gasteiger partial charge < -0.3 is 26.3 Å². The molecule has 3 aromatic rings. The Morgan fingerprint density at radius 2 is 1.30 bits per heavy atom. The van der Waals surface area contributed by atoms with Crippen LogP contribution in [0.15, 0.2) is 60.7 Å². The van der Waals surface area contributed by atoms with Crippen molar-refractivity contribution >= 4 is 40.1 Å². The first kappa shape index (κ1) is 28.0. The topological polar surface area (TPSA) is 203 Å². The van der Waals surface area contributed by atoms with Crippen LogP contribution in [0.1, 0.15) is 18.9 Å². The van der Waals surface area contributed by atoms with Crippen molar-refractivity contribution in [2.75, 3.05) is 23.6 Å². The summed E-state index contributed by atoms with van der Waals surface area (Å²) in [6.07, 6.45) is -0.0616. The maximum absolute atomic E-state index is 11.2. The van der Waals surface area contributed by atoms with Gasteiger partial charge in [-0.25, -0.2) is 0 Å². The fourth-order valence-electron chi connectivity index (χ4n) is 2.75. The van der Waals surface area contributed by atoms with Crippen molar-refractivity contribution in [1.29, 1.82) is 0 Å². The zero-order chi connectivity index (χ0) is 27.5. The van der Waals surface area contributed by atoms with E-state index < -0.39 is 9.85 Å². The number of nitro groups is 2. The molecular formula is C24H25N5O8. The Kier molecular flexibility index (Phi) is 9.88. The molecule has 0 aliphatic rings. The highest BCUT2D eigenvalue weighted by Crippen LogP contribution is 2.29. The minimum atomic E-state index is -0.592. The molecule has 0 radical (unpaired) electrons. The highest BCUT2D eigenvalue weighted by atomic mass is 16.7. The lowest BCUT2D eigenvalue weighted by Gasteiger charge is -2.11. The largest absolute Gasteiger partial charge is 0.455 e. The second-order valence-corrected chi connectivity index (χ2v) is 7.66. The summed E-state index contributed by atoms with van der Waals surface area (Å²) in [7, 11) is 0. The van der Waals surface area contributed by atoms with Gasteiger partial charge in [0, 0.05) is 17.8 Å². The van der Waals surface area contributed by atoms with Gasteiger partial charge in [0.25, 0.3) is 11.4 Å². The number of carbonyl (C=O) groups is 2. The maximum Gasteiger partial charge on any atom is 0.273 e. The average Bonchev–Trinajstić information content (AvgIpc) is 2.82. The summed E-state index contributed by atoms with van der Waals surface area (Å²) < 4.78 is 10.4. The lowest BCUT2D eigenvalue weighted by atomic mass is 10.2. The number of hydrogen-bond donors (Lipinski definition) is 3. The van der Waals surface area contributed by atoms with Crippen LogP contribution in [-0.4, -0.2) is 28.3 Å². The van der Waals surface area contributed by atoms with Crippen molar-refractivity contribution < 1.29 is 28.9 Å². The van der Waals surface area contributed by atoms with Gasteiger partial charge in [0.05, 0.1) is 39.8 Å². The molecule has 0 unspecified atom stereocenters. The molecule has 0 atom stereocenters. The van der Waals surface area contributed by atoms with Gasteiger partial charge in [-0.3, -0.25) is 29.8 Å². The van der Waals surface area contributed by atoms with Crippen LogP contribution in [0.25, 0.3) is 0 Å². The number of aryl methyl sites for hydroxylation is 1. The number of ether oxygens (including phenoxy) is 2. The maximum atomic E-state index is 11.2. The van der Waals surface area contributed by atoms with Crippen LogP contribution in [-0.2, 0) is 9.59 Å². The normalized spacial score (nSPS) is 9.89. The first-order valence-corrected chi connectivity index (χ1v) is 10.7. The van der Waals surface area contributed by atoms with Crippen molar-refractivity contribution in [1.82, 2.24) is 0 Å². The number of carbonyl (C=O) groups excluding carboxylic acids is 2. The molecule has 37 heavy (non-hydrogen) atoms. The molecule has 3 aromatic carbocycles. The SMILES string of the molecule is CC(=O)CC(=O)Nc1ccc(C)cc1.Nc1ccc([N+](=O)[O-])cc1OCOc1cc([N+](=O)[O-])ccc1N. The standard InChI is InChI=1S/C13H12N4O6.C11H13NO2/c14-10-3-1-8(16(18)19)5-12(10)22-7-23-13-6-9(17(20)21)2-4-11(13)15;1-8-3-5-10(6-4-8)12-11(14)7-9(2)13/h1-6H,7,14-15H2;3-6H,7H2,1-2H3,(H,12,14). The molecular weight excluding hydrogens is 486 g/mol. The van der Waals surface area contributed by atoms with Gasteiger partial charge in [-0.1, -0.05) is 17.7 Å². The number of nitrogens with zero attached hydrogens (tertiary/aromatic N) is 2. The van der Waals surface area contributed by atoms with E-state index >= 15 is 0 Å². The van der Waals surface area contributed by atoms with E-state index in [4.69, 9.17) is 20.9 Å². The Balaban J connectivity index is 0.000000294. The fourth-order valence-corrected chi connectivity index (χ4v) is 2.75. The van der Waals surface area contributed by atoms with Gasteiger partial charge in [-0.05, 0) is 38.1 Å². The van der Waals surface area contributed by atoms with E-state index in [1.54, 1.807) is 0 Å². The highest BCUT2D eigenvalue weighted by molar-refractivity contribution is 6.03. The molecule has 13 nitrogen and oxygen atoms in total. The lowest BCUT2D eigenvalue weighted by Crippen LogP contribution is -2.14. The smallest absolute Gasteiger partial charge is 0.273 e. The van der Waals surface area contributed by atoms with Gasteiger partial charge in [0.2, 0.25) is 12.7 Å². The van der Waals surface area contributed by atoms with E-state index in [1.165, 1.54) is 31.2 Å². The molecule has 13 heteroatoms. The summed E-state index contributed by atoms with van der Waals surface area (Å²) in [6, 6.07) is 14.9. The van der Waals surface area contributed by atoms with Crippen molar-refractivity contribution in [2.24, 2.45) is 0 Å². The molecule has 0 fully saturated rings. The van der Waals surface area contributed by atoms with Crippen LogP contribution >= 0.6 is 0 Å². The minimum absolute atomic E-state index is 0.0585. The van der Waals surface area contributed by atoms with E-state index in [9.17, 15) is 29.8 Å². The Morgan fingerprint density at radius 3 is 1.70 bits per heavy atom. The van der Waals surface area contributed by atoms with E-state index in [-0.39, 0.29) is 59.2 Å². The van der Waals surface area contributed by atoms with E-state index in [2.05, 4.69) is 5.32 Å². The highest BCUT2D eigenvalue weighted by Gasteiger charge is 2.13. The second kappa shape index (κ2) is 13.0. The minimum Gasteiger partial charge on any atom is -0.455 e. The van der Waals surface area contributed by atoms with Gasteiger partial charge in [-0.2, -0.15) is 0 Å². The zero-order valence-corrected chi connectivity index (χ0v) is 20.0. The van der Waals surface area contributed by atoms with Crippen LogP contribution in [0.5, 0.6) is 11.5 Å². The van der Waals surface area contributed by atoms with Crippen molar-refractivity contribution in [3.8, 4) is 11.5 Å². The third-order valence-corrected chi connectivity index (χ3v) is 4.59. The zero-order valence-electron chi connectivity index (χ0n) is 20.0. The van der Waals surface area contributed by atoms with Gasteiger partial charge in [0.1, 0.15) is 5.78 Å². The van der Waals surface area contributed by atoms with E-state index in [0.29, 0.717) is 0 Å². The molecule has 1 amide bonds. The van der Waals surface area contributed by atoms with Crippen LogP contribution in [0.2, 0.25) is 0 Å². The molecule has 3 rings (SSSR count). The summed E-state index contributed by atoms with van der Waals surface area (Å²) in [6.45, 7) is 2.99. The number of amides is 1. The summed E-state index contributed by atoms with van der Waals surface area (Å²) in [4.78, 5) is 42.0. The number of nitro benzene ring substituents is 2. The quantitative estimate of drug-likeness (QED) is 0.124. The number of nitrogens with one attached hydrogen (secondary N) is 1. The number of anilines is 3. The second-order valence-electron chi connectivity index (χ2n) is 7.66. The summed E-state index contributed by atoms with van der Waals surface area (Å²) in [5, 5.41) is 24.0. The number of non-ortho nitro benzene ring substituents is 2. The fraction of sp³-hybridized carbons (Fsp3) is 0.167. The van der Waals surface area contributed by atoms with Crippen LogP contribution < -0.4 is 26.3 Å². The number of ketones is 1. The Labute approximate surface area is 211 Å². The molecule has 0 bridgehead atoms. The molecule has 194 valence electrons. The first-order chi connectivity index (χ1) is 17.5. The molecule has 0 aliphatic carbocycles. The van der Waals surface area contributed by atoms with Crippen molar-refractivity contribution in [3.05, 3.63) is 86.5 Å². The van der Waals surface area contributed by atoms with Gasteiger partial charge in [0.15, 0.2) is 11.5 Å². The molecule has 0 saturated heterocycles. The predicted molar refractivity (Wildman–Crippen MR) is 136 cm³/mol. The number of rotatable bonds is 9. The monoisotopic (exact) mass is 511 g/mol. The number of benzene rings is 3. The van der Waals surface area contributed by atoms with Crippen LogP contribution in [0, 0.1) is 27.2 Å². The number of nitrogens with two attached hydrogens (primary N) is 2. The molecule has 0 aliphatic heterocycles. The third kappa shape index (κ3) is 9.16. The Morgan fingerprint density at radius 1 is 0.838 bits per heavy atom. The molecule has 0 aromatic heterocycles. The summed E-state index contributed by atoms with van der Waals surface area (Å²) in [5.74, 6) is -0.276. The molecule has 5 N–H and O–H groups in total. The molecule has 0 heterocycles. The average molecular weight is 511 g/mol. The van der Waals surface area contributed by atoms with E-state index in [0.717, 1.165) is 23.4 Å². The lowest BCUT2D eigenvalue weighted by molar-refractivity contribution is -0.385. The van der Waals surface area contributed by atoms with Crippen LogP contribution in [0.3, 0.4) is 0 Å². The number of hydrogen-bond acceptors (Lipinski definition) is 10. The van der Waals surface area contributed by atoms with E-state index in [1.807, 2.05) is 31.2 Å². The van der Waals surface area contributed by atoms with Gasteiger partial charge >= 0.3 is 0 Å². The Hall–Kier alpha value is -5.20. The number of nitrogen functional groups attached to an aromatic ring is 2. The van der Waals surface area contributed by atoms with Crippen LogP contribution in [0.4, 0.5) is 28.4 Å². The van der Waals surface area contributed by atoms with Crippen molar-refractivity contribution in [3.63, 3.8) is 0 Å².